The smallest absolute Gasteiger partial charge is 0.240 e. The van der Waals surface area contributed by atoms with E-state index in [0.29, 0.717) is 12.2 Å². The maximum atomic E-state index is 12.0. The van der Waals surface area contributed by atoms with Gasteiger partial charge in [0, 0.05) is 30.8 Å². The predicted octanol–water partition coefficient (Wildman–Crippen LogP) is 0.980. The number of hydrogen-bond donors (Lipinski definition) is 1. The summed E-state index contributed by atoms with van der Waals surface area (Å²) in [7, 11) is -2.21. The number of amides is 1. The van der Waals surface area contributed by atoms with Crippen molar-refractivity contribution in [1.82, 2.24) is 4.72 Å². The molecular formula is C13H16N2O4S2. The molecule has 1 N–H and O–H groups in total. The number of sulfonamides is 1. The van der Waals surface area contributed by atoms with E-state index in [1.54, 1.807) is 12.1 Å². The molecule has 21 heavy (non-hydrogen) atoms. The highest BCUT2D eigenvalue weighted by Crippen LogP contribution is 2.29. The van der Waals surface area contributed by atoms with Gasteiger partial charge in [-0.3, -0.25) is 9.59 Å². The Morgan fingerprint density at radius 1 is 1.43 bits per heavy atom. The quantitative estimate of drug-likeness (QED) is 0.891. The number of nitrogens with zero attached hydrogens (tertiary/aromatic N) is 1. The minimum atomic E-state index is -3.55. The van der Waals surface area contributed by atoms with E-state index in [0.717, 1.165) is 11.8 Å². The molecule has 1 aromatic carbocycles. The Labute approximate surface area is 127 Å². The van der Waals surface area contributed by atoms with E-state index in [2.05, 4.69) is 4.72 Å². The van der Waals surface area contributed by atoms with E-state index in [1.807, 2.05) is 0 Å². The highest BCUT2D eigenvalue weighted by Gasteiger charge is 2.32. The highest BCUT2D eigenvalue weighted by atomic mass is 32.2. The number of benzene rings is 1. The molecule has 8 heteroatoms. The fourth-order valence-electron chi connectivity index (χ4n) is 2.17. The summed E-state index contributed by atoms with van der Waals surface area (Å²) < 4.78 is 25.8. The molecule has 1 atom stereocenters. The maximum Gasteiger partial charge on any atom is 0.240 e. The molecule has 0 aromatic heterocycles. The summed E-state index contributed by atoms with van der Waals surface area (Å²) in [6, 6.07) is 6.22. The molecule has 0 spiro atoms. The number of carbonyl (C=O) groups excluding carboxylic acids is 2. The largest absolute Gasteiger partial charge is 0.311 e. The van der Waals surface area contributed by atoms with E-state index in [1.165, 1.54) is 31.0 Å². The number of hydrogen-bond acceptors (Lipinski definition) is 5. The lowest BCUT2D eigenvalue weighted by Gasteiger charge is -2.17. The van der Waals surface area contributed by atoms with Crippen molar-refractivity contribution in [2.45, 2.75) is 23.5 Å². The molecule has 1 aliphatic rings. The average molecular weight is 328 g/mol. The van der Waals surface area contributed by atoms with E-state index in [9.17, 15) is 18.0 Å². The molecule has 2 rings (SSSR count). The Hall–Kier alpha value is -1.38. The molecule has 1 amide bonds. The van der Waals surface area contributed by atoms with Gasteiger partial charge in [0.1, 0.15) is 0 Å². The lowest BCUT2D eigenvalue weighted by molar-refractivity contribution is -0.117. The van der Waals surface area contributed by atoms with Gasteiger partial charge >= 0.3 is 0 Å². The minimum absolute atomic E-state index is 0.0267. The third-order valence-electron chi connectivity index (χ3n) is 3.13. The van der Waals surface area contributed by atoms with Crippen molar-refractivity contribution in [3.05, 3.63) is 24.3 Å². The lowest BCUT2D eigenvalue weighted by Crippen LogP contribution is -2.25. The van der Waals surface area contributed by atoms with Crippen LogP contribution in [0.1, 0.15) is 13.3 Å². The van der Waals surface area contributed by atoms with Crippen molar-refractivity contribution in [1.29, 1.82) is 0 Å². The van der Waals surface area contributed by atoms with Gasteiger partial charge in [0.25, 0.3) is 0 Å². The van der Waals surface area contributed by atoms with Crippen molar-refractivity contribution in [2.24, 2.45) is 0 Å². The van der Waals surface area contributed by atoms with Gasteiger partial charge in [-0.25, -0.2) is 13.1 Å². The third-order valence-corrected chi connectivity index (χ3v) is 5.52. The van der Waals surface area contributed by atoms with Crippen molar-refractivity contribution >= 4 is 38.5 Å². The molecule has 0 saturated carbocycles. The Balaban J connectivity index is 2.25. The van der Waals surface area contributed by atoms with Crippen molar-refractivity contribution in [3.8, 4) is 0 Å². The molecule has 6 nitrogen and oxygen atoms in total. The second-order valence-electron chi connectivity index (χ2n) is 4.64. The van der Waals surface area contributed by atoms with Crippen molar-refractivity contribution in [2.75, 3.05) is 18.5 Å². The van der Waals surface area contributed by atoms with Gasteiger partial charge in [-0.2, -0.15) is 0 Å². The summed E-state index contributed by atoms with van der Waals surface area (Å²) in [5.41, 5.74) is 0.531. The van der Waals surface area contributed by atoms with Crippen molar-refractivity contribution < 1.29 is 18.0 Å². The molecule has 1 unspecified atom stereocenters. The van der Waals surface area contributed by atoms with Crippen LogP contribution in [0.2, 0.25) is 0 Å². The Morgan fingerprint density at radius 3 is 2.76 bits per heavy atom. The average Bonchev–Trinajstić information content (AvgIpc) is 2.79. The van der Waals surface area contributed by atoms with Gasteiger partial charge in [0.05, 0.1) is 4.90 Å². The molecule has 0 radical (unpaired) electrons. The molecular weight excluding hydrogens is 312 g/mol. The third kappa shape index (κ3) is 3.63. The van der Waals surface area contributed by atoms with Gasteiger partial charge in [-0.1, -0.05) is 17.8 Å². The fourth-order valence-corrected chi connectivity index (χ4v) is 3.86. The molecule has 1 aliphatic heterocycles. The molecule has 114 valence electrons. The Kier molecular flexibility index (Phi) is 4.70. The first kappa shape index (κ1) is 16.0. The van der Waals surface area contributed by atoms with Crippen LogP contribution in [-0.2, 0) is 19.6 Å². The molecule has 0 aliphatic carbocycles. The predicted molar refractivity (Wildman–Crippen MR) is 81.7 cm³/mol. The normalized spacial score (nSPS) is 19.0. The summed E-state index contributed by atoms with van der Waals surface area (Å²) >= 11 is 1.15. The maximum absolute atomic E-state index is 12.0. The molecule has 0 bridgehead atoms. The summed E-state index contributed by atoms with van der Waals surface area (Å²) in [6.45, 7) is 1.88. The van der Waals surface area contributed by atoms with Crippen LogP contribution >= 0.6 is 11.8 Å². The zero-order chi connectivity index (χ0) is 15.6. The zero-order valence-corrected chi connectivity index (χ0v) is 13.3. The van der Waals surface area contributed by atoms with Crippen LogP contribution in [0.15, 0.2) is 29.2 Å². The van der Waals surface area contributed by atoms with Gasteiger partial charge < -0.3 is 4.90 Å². The van der Waals surface area contributed by atoms with E-state index >= 15 is 0 Å². The number of rotatable bonds is 4. The minimum Gasteiger partial charge on any atom is -0.311 e. The van der Waals surface area contributed by atoms with E-state index in [-0.39, 0.29) is 27.6 Å². The Morgan fingerprint density at radius 2 is 2.14 bits per heavy atom. The van der Waals surface area contributed by atoms with E-state index < -0.39 is 10.0 Å². The highest BCUT2D eigenvalue weighted by molar-refractivity contribution is 8.14. The van der Waals surface area contributed by atoms with Crippen molar-refractivity contribution in [3.63, 3.8) is 0 Å². The van der Waals surface area contributed by atoms with Gasteiger partial charge in [-0.15, -0.1) is 0 Å². The molecule has 1 heterocycles. The molecule has 1 saturated heterocycles. The monoisotopic (exact) mass is 328 g/mol. The topological polar surface area (TPSA) is 83.6 Å². The second-order valence-corrected chi connectivity index (χ2v) is 8.01. The second kappa shape index (κ2) is 6.17. The zero-order valence-electron chi connectivity index (χ0n) is 11.7. The first-order chi connectivity index (χ1) is 9.83. The number of nitrogens with one attached hydrogen (secondary N) is 1. The summed E-state index contributed by atoms with van der Waals surface area (Å²) in [5, 5.41) is -0.110. The van der Waals surface area contributed by atoms with Crippen LogP contribution in [0.5, 0.6) is 0 Å². The van der Waals surface area contributed by atoms with E-state index in [4.69, 9.17) is 0 Å². The summed E-state index contributed by atoms with van der Waals surface area (Å²) in [5.74, 6) is -0.104. The lowest BCUT2D eigenvalue weighted by atomic mass is 10.3. The van der Waals surface area contributed by atoms with Gasteiger partial charge in [0.15, 0.2) is 5.12 Å². The van der Waals surface area contributed by atoms with Gasteiger partial charge in [0.2, 0.25) is 15.9 Å². The first-order valence-corrected chi connectivity index (χ1v) is 8.71. The van der Waals surface area contributed by atoms with Crippen LogP contribution in [0.25, 0.3) is 0 Å². The summed E-state index contributed by atoms with van der Waals surface area (Å²) in [4.78, 5) is 24.8. The van der Waals surface area contributed by atoms with Crippen LogP contribution < -0.4 is 9.62 Å². The van der Waals surface area contributed by atoms with Crippen LogP contribution in [0, 0.1) is 0 Å². The Bertz CT molecular complexity index is 673. The number of anilines is 1. The molecule has 1 aromatic rings. The van der Waals surface area contributed by atoms with Crippen LogP contribution in [-0.4, -0.2) is 38.3 Å². The van der Waals surface area contributed by atoms with Crippen LogP contribution in [0.4, 0.5) is 5.69 Å². The summed E-state index contributed by atoms with van der Waals surface area (Å²) in [6.07, 6.45) is 0.285. The van der Waals surface area contributed by atoms with Crippen LogP contribution in [0.3, 0.4) is 0 Å². The molecule has 1 fully saturated rings. The fraction of sp³-hybridized carbons (Fsp3) is 0.385. The van der Waals surface area contributed by atoms with Gasteiger partial charge in [-0.05, 0) is 25.2 Å². The SMILES string of the molecule is CNS(=O)(=O)c1cccc(N2CC(SC(C)=O)CC2=O)c1. The standard InChI is InChI=1S/C13H16N2O4S2/c1-9(16)20-11-7-13(17)15(8-11)10-4-3-5-12(6-10)21(18,19)14-2/h3-6,11,14H,7-8H2,1-2H3. The number of thioether (sulfide) groups is 1. The first-order valence-electron chi connectivity index (χ1n) is 6.34. The number of carbonyl (C=O) groups is 2.